The van der Waals surface area contributed by atoms with Gasteiger partial charge in [0.2, 0.25) is 0 Å². The van der Waals surface area contributed by atoms with Crippen LogP contribution in [0, 0.1) is 5.92 Å². The van der Waals surface area contributed by atoms with Crippen molar-refractivity contribution in [2.75, 3.05) is 6.54 Å². The van der Waals surface area contributed by atoms with E-state index in [-0.39, 0.29) is 23.6 Å². The van der Waals surface area contributed by atoms with E-state index in [0.29, 0.717) is 12.5 Å². The van der Waals surface area contributed by atoms with Gasteiger partial charge in [-0.15, -0.1) is 0 Å². The normalized spacial score (nSPS) is 16.4. The van der Waals surface area contributed by atoms with Gasteiger partial charge >= 0.3 is 0 Å². The summed E-state index contributed by atoms with van der Waals surface area (Å²) in [6.07, 6.45) is 41.1. The fourth-order valence-electron chi connectivity index (χ4n) is 8.43. The summed E-state index contributed by atoms with van der Waals surface area (Å²) in [4.78, 5) is 53.9. The summed E-state index contributed by atoms with van der Waals surface area (Å²) in [6, 6.07) is 0. The molecule has 0 aromatic rings. The quantitative estimate of drug-likeness (QED) is 0.0496. The van der Waals surface area contributed by atoms with Gasteiger partial charge in [0.15, 0.2) is 0 Å². The average molecular weight is 697 g/mol. The molecule has 0 fully saturated rings. The molecular formula is C44H76N2O4. The lowest BCUT2D eigenvalue weighted by atomic mass is 9.70. The number of hydrogen-bond donors (Lipinski definition) is 0. The molecule has 2 atom stereocenters. The number of unbranched alkanes of at least 4 members (excludes halogenated alkanes) is 22. The fraction of sp³-hybridized carbons (Fsp3) is 0.818. The molecule has 2 unspecified atom stereocenters. The number of amides is 4. The van der Waals surface area contributed by atoms with E-state index in [0.717, 1.165) is 77.0 Å². The summed E-state index contributed by atoms with van der Waals surface area (Å²) in [5.74, 6) is -0.187. The molecule has 0 radical (unpaired) electrons. The summed E-state index contributed by atoms with van der Waals surface area (Å²) >= 11 is 0. The van der Waals surface area contributed by atoms with Crippen LogP contribution in [0.3, 0.4) is 0 Å². The third-order valence-corrected chi connectivity index (χ3v) is 11.4. The average Bonchev–Trinajstić information content (AvgIpc) is 3.62. The molecule has 50 heavy (non-hydrogen) atoms. The topological polar surface area (TPSA) is 74.8 Å². The van der Waals surface area contributed by atoms with Crippen LogP contribution in [0.1, 0.15) is 213 Å². The van der Waals surface area contributed by atoms with Crippen molar-refractivity contribution >= 4 is 23.6 Å². The summed E-state index contributed by atoms with van der Waals surface area (Å²) in [7, 11) is 0. The molecule has 6 nitrogen and oxygen atoms in total. The molecule has 2 rings (SSSR count). The summed E-state index contributed by atoms with van der Waals surface area (Å²) in [6.45, 7) is 7.31. The number of carbonyl (C=O) groups is 4. The van der Waals surface area contributed by atoms with Crippen LogP contribution >= 0.6 is 0 Å². The SMILES string of the molecule is CCCCCCCCCC(CCCCCCCC)C(CCCCCCCC)(CCCCCCCCCN1C(=O)C=CC1=O)N1C(=O)C=CC1=O. The highest BCUT2D eigenvalue weighted by atomic mass is 16.2. The molecule has 0 saturated carbocycles. The second-order valence-electron chi connectivity index (χ2n) is 15.5. The van der Waals surface area contributed by atoms with Crippen LogP contribution in [0.15, 0.2) is 24.3 Å². The Kier molecular flexibility index (Phi) is 24.1. The van der Waals surface area contributed by atoms with Gasteiger partial charge in [-0.3, -0.25) is 29.0 Å². The predicted molar refractivity (Wildman–Crippen MR) is 209 cm³/mol. The van der Waals surface area contributed by atoms with Gasteiger partial charge in [0.05, 0.1) is 5.54 Å². The smallest absolute Gasteiger partial charge is 0.254 e. The zero-order valence-corrected chi connectivity index (χ0v) is 32.8. The highest BCUT2D eigenvalue weighted by Gasteiger charge is 2.48. The van der Waals surface area contributed by atoms with Crippen LogP contribution in [0.25, 0.3) is 0 Å². The van der Waals surface area contributed by atoms with Crippen LogP contribution < -0.4 is 0 Å². The van der Waals surface area contributed by atoms with E-state index in [9.17, 15) is 19.2 Å². The van der Waals surface area contributed by atoms with Crippen LogP contribution in [0.5, 0.6) is 0 Å². The minimum absolute atomic E-state index is 0.0846. The first-order chi connectivity index (χ1) is 24.4. The van der Waals surface area contributed by atoms with E-state index in [1.54, 1.807) is 4.90 Å². The Morgan fingerprint density at radius 3 is 1.14 bits per heavy atom. The number of imide groups is 2. The summed E-state index contributed by atoms with van der Waals surface area (Å²) in [5, 5.41) is 0. The highest BCUT2D eigenvalue weighted by Crippen LogP contribution is 2.43. The fourth-order valence-corrected chi connectivity index (χ4v) is 8.43. The molecule has 0 saturated heterocycles. The van der Waals surface area contributed by atoms with Crippen molar-refractivity contribution in [3.63, 3.8) is 0 Å². The van der Waals surface area contributed by atoms with Crippen molar-refractivity contribution in [2.24, 2.45) is 5.92 Å². The van der Waals surface area contributed by atoms with Crippen molar-refractivity contribution in [3.8, 4) is 0 Å². The minimum Gasteiger partial charge on any atom is -0.275 e. The lowest BCUT2D eigenvalue weighted by molar-refractivity contribution is -0.149. The molecule has 2 aliphatic rings. The molecule has 0 aromatic carbocycles. The molecule has 4 amide bonds. The van der Waals surface area contributed by atoms with Crippen molar-refractivity contribution in [3.05, 3.63) is 24.3 Å². The first-order valence-electron chi connectivity index (χ1n) is 21.5. The van der Waals surface area contributed by atoms with Crippen molar-refractivity contribution in [2.45, 2.75) is 219 Å². The van der Waals surface area contributed by atoms with Gasteiger partial charge in [-0.1, -0.05) is 181 Å². The number of hydrogen-bond acceptors (Lipinski definition) is 4. The van der Waals surface area contributed by atoms with Crippen LogP contribution in [0.4, 0.5) is 0 Å². The van der Waals surface area contributed by atoms with Crippen molar-refractivity contribution < 1.29 is 19.2 Å². The highest BCUT2D eigenvalue weighted by molar-refractivity contribution is 6.13. The Labute approximate surface area is 307 Å². The molecule has 0 spiro atoms. The number of carbonyl (C=O) groups excluding carboxylic acids is 4. The monoisotopic (exact) mass is 697 g/mol. The largest absolute Gasteiger partial charge is 0.275 e. The lowest BCUT2D eigenvalue weighted by Gasteiger charge is -2.47. The maximum absolute atomic E-state index is 13.6. The third-order valence-electron chi connectivity index (χ3n) is 11.4. The third kappa shape index (κ3) is 16.4. The summed E-state index contributed by atoms with van der Waals surface area (Å²) < 4.78 is 0. The van der Waals surface area contributed by atoms with Gasteiger partial charge in [0.1, 0.15) is 0 Å². The van der Waals surface area contributed by atoms with Crippen molar-refractivity contribution in [1.29, 1.82) is 0 Å². The summed E-state index contributed by atoms with van der Waals surface area (Å²) in [5.41, 5.74) is -0.392. The van der Waals surface area contributed by atoms with E-state index in [4.69, 9.17) is 0 Å². The van der Waals surface area contributed by atoms with E-state index in [2.05, 4.69) is 20.8 Å². The second kappa shape index (κ2) is 27.4. The molecule has 2 aliphatic heterocycles. The Morgan fingerprint density at radius 2 is 0.740 bits per heavy atom. The first kappa shape index (κ1) is 43.9. The van der Waals surface area contributed by atoms with Gasteiger partial charge in [0.25, 0.3) is 23.6 Å². The Balaban J connectivity index is 2.11. The molecule has 0 N–H and O–H groups in total. The van der Waals surface area contributed by atoms with Gasteiger partial charge in [-0.05, 0) is 38.0 Å². The lowest BCUT2D eigenvalue weighted by Crippen LogP contribution is -2.56. The second-order valence-corrected chi connectivity index (χ2v) is 15.5. The minimum atomic E-state index is -0.392. The van der Waals surface area contributed by atoms with E-state index in [1.807, 2.05) is 0 Å². The standard InChI is InChI=1S/C44H76N2O4/c1-4-7-10-13-17-21-26-31-39(30-25-20-14-11-8-5-2)44(36-27-22-15-12-9-6-3,46-42(49)34-35-43(46)50)37-28-23-18-16-19-24-29-38-45-40(47)32-33-41(45)48/h32-35,39H,4-31,36-38H2,1-3H3. The predicted octanol–water partition coefficient (Wildman–Crippen LogP) is 12.0. The molecule has 2 heterocycles. The molecule has 286 valence electrons. The molecule has 0 aliphatic carbocycles. The van der Waals surface area contributed by atoms with Gasteiger partial charge in [0, 0.05) is 30.8 Å². The maximum atomic E-state index is 13.6. The Bertz CT molecular complexity index is 983. The molecule has 0 bridgehead atoms. The molecule has 0 aromatic heterocycles. The Morgan fingerprint density at radius 1 is 0.420 bits per heavy atom. The Hall–Kier alpha value is -2.24. The van der Waals surface area contributed by atoms with Crippen LogP contribution in [0.2, 0.25) is 0 Å². The first-order valence-corrected chi connectivity index (χ1v) is 21.5. The van der Waals surface area contributed by atoms with E-state index < -0.39 is 5.54 Å². The van der Waals surface area contributed by atoms with Crippen LogP contribution in [-0.2, 0) is 19.2 Å². The number of rotatable bonds is 34. The van der Waals surface area contributed by atoms with Gasteiger partial charge in [-0.25, -0.2) is 0 Å². The van der Waals surface area contributed by atoms with Crippen molar-refractivity contribution in [1.82, 2.24) is 9.80 Å². The van der Waals surface area contributed by atoms with E-state index in [1.165, 1.54) is 145 Å². The van der Waals surface area contributed by atoms with Crippen LogP contribution in [-0.4, -0.2) is 45.5 Å². The zero-order chi connectivity index (χ0) is 36.3. The molecular weight excluding hydrogens is 620 g/mol. The van der Waals surface area contributed by atoms with E-state index >= 15 is 0 Å². The number of nitrogens with zero attached hydrogens (tertiary/aromatic N) is 2. The van der Waals surface area contributed by atoms with Gasteiger partial charge in [-0.2, -0.15) is 0 Å². The maximum Gasteiger partial charge on any atom is 0.254 e. The van der Waals surface area contributed by atoms with Gasteiger partial charge < -0.3 is 0 Å². The molecule has 6 heteroatoms. The zero-order valence-electron chi connectivity index (χ0n) is 32.8.